The second kappa shape index (κ2) is 8.51. The molecule has 2 amide bonds. The van der Waals surface area contributed by atoms with Gasteiger partial charge in [-0.25, -0.2) is 0 Å². The van der Waals surface area contributed by atoms with E-state index < -0.39 is 0 Å². The Labute approximate surface area is 176 Å². The van der Waals surface area contributed by atoms with Crippen molar-refractivity contribution in [3.05, 3.63) is 95.1 Å². The Hall–Kier alpha value is -3.44. The molecule has 0 saturated heterocycles. The lowest BCUT2D eigenvalue weighted by molar-refractivity contribution is 0.0985. The van der Waals surface area contributed by atoms with E-state index in [4.69, 9.17) is 5.73 Å². The third-order valence-corrected chi connectivity index (χ3v) is 5.55. The lowest BCUT2D eigenvalue weighted by Gasteiger charge is -2.23. The molecule has 1 heterocycles. The molecular formula is C25H25N3O2. The number of nitrogens with one attached hydrogen (secondary N) is 1. The number of carbonyl (C=O) groups is 2. The Morgan fingerprint density at radius 1 is 0.967 bits per heavy atom. The number of nitrogens with two attached hydrogens (primary N) is 1. The highest BCUT2D eigenvalue weighted by Crippen LogP contribution is 2.32. The average Bonchev–Trinajstić information content (AvgIpc) is 2.93. The van der Waals surface area contributed by atoms with Crippen LogP contribution >= 0.6 is 0 Å². The number of para-hydroxylation sites is 1. The monoisotopic (exact) mass is 399 g/mol. The number of rotatable bonds is 3. The third kappa shape index (κ3) is 3.98. The summed E-state index contributed by atoms with van der Waals surface area (Å²) in [4.78, 5) is 27.5. The molecule has 0 saturated carbocycles. The van der Waals surface area contributed by atoms with E-state index in [9.17, 15) is 9.59 Å². The van der Waals surface area contributed by atoms with Crippen LogP contribution in [0.1, 0.15) is 50.7 Å². The number of hydrogen-bond donors (Lipinski definition) is 2. The minimum atomic E-state index is -0.164. The second-order valence-electron chi connectivity index (χ2n) is 7.61. The highest BCUT2D eigenvalue weighted by Gasteiger charge is 2.25. The third-order valence-electron chi connectivity index (χ3n) is 5.55. The SMILES string of the molecule is Cc1ccccc1C(=O)Nc1ccc(C(=O)N2CCC[C@H](N)c3ccccc32)cc1. The number of nitrogens with zero attached hydrogens (tertiary/aromatic N) is 1. The van der Waals surface area contributed by atoms with Crippen LogP contribution in [0.3, 0.4) is 0 Å². The molecule has 30 heavy (non-hydrogen) atoms. The molecule has 5 nitrogen and oxygen atoms in total. The largest absolute Gasteiger partial charge is 0.324 e. The van der Waals surface area contributed by atoms with Crippen LogP contribution in [0.15, 0.2) is 72.8 Å². The first-order valence-electron chi connectivity index (χ1n) is 10.2. The van der Waals surface area contributed by atoms with E-state index in [1.165, 1.54) is 0 Å². The number of anilines is 2. The standard InChI is InChI=1S/C25H25N3O2/c1-17-7-2-3-8-20(17)24(29)27-19-14-12-18(13-15-19)25(30)28-16-6-10-22(26)21-9-4-5-11-23(21)28/h2-5,7-9,11-15,22H,6,10,16,26H2,1H3,(H,27,29)/t22-/m0/s1. The zero-order valence-corrected chi connectivity index (χ0v) is 17.0. The van der Waals surface area contributed by atoms with Crippen molar-refractivity contribution >= 4 is 23.2 Å². The van der Waals surface area contributed by atoms with Crippen molar-refractivity contribution in [3.8, 4) is 0 Å². The molecular weight excluding hydrogens is 374 g/mol. The first-order valence-corrected chi connectivity index (χ1v) is 10.2. The molecule has 0 aliphatic carbocycles. The summed E-state index contributed by atoms with van der Waals surface area (Å²) in [5.74, 6) is -0.226. The number of benzene rings is 3. The van der Waals surface area contributed by atoms with E-state index in [-0.39, 0.29) is 17.9 Å². The fourth-order valence-electron chi connectivity index (χ4n) is 3.88. The molecule has 0 spiro atoms. The number of hydrogen-bond acceptors (Lipinski definition) is 3. The van der Waals surface area contributed by atoms with E-state index >= 15 is 0 Å². The predicted octanol–water partition coefficient (Wildman–Crippen LogP) is 4.69. The lowest BCUT2D eigenvalue weighted by atomic mass is 10.0. The van der Waals surface area contributed by atoms with Gasteiger partial charge >= 0.3 is 0 Å². The minimum absolute atomic E-state index is 0.0574. The average molecular weight is 399 g/mol. The maximum Gasteiger partial charge on any atom is 0.258 e. The van der Waals surface area contributed by atoms with Crippen molar-refractivity contribution in [2.75, 3.05) is 16.8 Å². The topological polar surface area (TPSA) is 75.4 Å². The van der Waals surface area contributed by atoms with E-state index in [2.05, 4.69) is 5.32 Å². The highest BCUT2D eigenvalue weighted by atomic mass is 16.2. The Bertz CT molecular complexity index is 1080. The maximum absolute atomic E-state index is 13.2. The van der Waals surface area contributed by atoms with Crippen LogP contribution in [-0.2, 0) is 0 Å². The Kier molecular flexibility index (Phi) is 5.63. The van der Waals surface area contributed by atoms with Gasteiger partial charge in [-0.2, -0.15) is 0 Å². The van der Waals surface area contributed by atoms with Crippen molar-refractivity contribution in [2.24, 2.45) is 5.73 Å². The molecule has 0 aromatic heterocycles. The van der Waals surface area contributed by atoms with E-state index in [1.54, 1.807) is 30.3 Å². The minimum Gasteiger partial charge on any atom is -0.324 e. The molecule has 0 fully saturated rings. The smallest absolute Gasteiger partial charge is 0.258 e. The molecule has 1 aliphatic rings. The van der Waals surface area contributed by atoms with Crippen molar-refractivity contribution in [1.29, 1.82) is 0 Å². The molecule has 1 aliphatic heterocycles. The van der Waals surface area contributed by atoms with Gasteiger partial charge < -0.3 is 16.0 Å². The summed E-state index contributed by atoms with van der Waals surface area (Å²) in [6.07, 6.45) is 1.71. The summed E-state index contributed by atoms with van der Waals surface area (Å²) < 4.78 is 0. The van der Waals surface area contributed by atoms with Gasteiger partial charge in [-0.1, -0.05) is 36.4 Å². The zero-order chi connectivity index (χ0) is 21.1. The van der Waals surface area contributed by atoms with Gasteiger partial charge in [0.1, 0.15) is 0 Å². The van der Waals surface area contributed by atoms with Crippen LogP contribution in [-0.4, -0.2) is 18.4 Å². The van der Waals surface area contributed by atoms with Gasteiger partial charge in [-0.15, -0.1) is 0 Å². The first kappa shape index (κ1) is 19.9. The molecule has 0 unspecified atom stereocenters. The van der Waals surface area contributed by atoms with Crippen LogP contribution in [0, 0.1) is 6.92 Å². The normalized spacial score (nSPS) is 15.8. The van der Waals surface area contributed by atoms with Gasteiger partial charge in [-0.3, -0.25) is 9.59 Å². The summed E-state index contributed by atoms with van der Waals surface area (Å²) >= 11 is 0. The van der Waals surface area contributed by atoms with Gasteiger partial charge in [0.25, 0.3) is 11.8 Å². The zero-order valence-electron chi connectivity index (χ0n) is 17.0. The fraction of sp³-hybridized carbons (Fsp3) is 0.200. The number of amides is 2. The van der Waals surface area contributed by atoms with E-state index in [1.807, 2.05) is 54.3 Å². The summed E-state index contributed by atoms with van der Waals surface area (Å²) in [5.41, 5.74) is 11.0. The predicted molar refractivity (Wildman–Crippen MR) is 120 cm³/mol. The second-order valence-corrected chi connectivity index (χ2v) is 7.61. The van der Waals surface area contributed by atoms with Crippen molar-refractivity contribution < 1.29 is 9.59 Å². The van der Waals surface area contributed by atoms with Gasteiger partial charge in [0.2, 0.25) is 0 Å². The molecule has 3 aromatic carbocycles. The molecule has 3 N–H and O–H groups in total. The van der Waals surface area contributed by atoms with Crippen LogP contribution in [0.2, 0.25) is 0 Å². The molecule has 3 aromatic rings. The van der Waals surface area contributed by atoms with E-state index in [0.717, 1.165) is 29.7 Å². The molecule has 0 bridgehead atoms. The van der Waals surface area contributed by atoms with Crippen LogP contribution in [0.5, 0.6) is 0 Å². The van der Waals surface area contributed by atoms with Gasteiger partial charge in [0.15, 0.2) is 0 Å². The molecule has 4 rings (SSSR count). The summed E-state index contributed by atoms with van der Waals surface area (Å²) in [6, 6.07) is 22.3. The Morgan fingerprint density at radius 3 is 2.43 bits per heavy atom. The quantitative estimate of drug-likeness (QED) is 0.671. The summed E-state index contributed by atoms with van der Waals surface area (Å²) in [6.45, 7) is 2.54. The van der Waals surface area contributed by atoms with Crippen molar-refractivity contribution in [3.63, 3.8) is 0 Å². The number of aryl methyl sites for hydroxylation is 1. The van der Waals surface area contributed by atoms with Gasteiger partial charge in [0.05, 0.1) is 0 Å². The number of fused-ring (bicyclic) bond motifs is 1. The summed E-state index contributed by atoms with van der Waals surface area (Å²) in [7, 11) is 0. The lowest BCUT2D eigenvalue weighted by Crippen LogP contribution is -2.31. The molecule has 1 atom stereocenters. The highest BCUT2D eigenvalue weighted by molar-refractivity contribution is 6.08. The summed E-state index contributed by atoms with van der Waals surface area (Å²) in [5, 5.41) is 2.90. The number of carbonyl (C=O) groups excluding carboxylic acids is 2. The Balaban J connectivity index is 1.53. The van der Waals surface area contributed by atoms with Crippen LogP contribution in [0.4, 0.5) is 11.4 Å². The molecule has 152 valence electrons. The fourth-order valence-corrected chi connectivity index (χ4v) is 3.88. The molecule has 0 radical (unpaired) electrons. The first-order chi connectivity index (χ1) is 14.5. The Morgan fingerprint density at radius 2 is 1.67 bits per heavy atom. The maximum atomic E-state index is 13.2. The van der Waals surface area contributed by atoms with Gasteiger partial charge in [0, 0.05) is 35.1 Å². The van der Waals surface area contributed by atoms with Crippen molar-refractivity contribution in [1.82, 2.24) is 0 Å². The van der Waals surface area contributed by atoms with Crippen molar-refractivity contribution in [2.45, 2.75) is 25.8 Å². The molecule has 5 heteroatoms. The van der Waals surface area contributed by atoms with Crippen LogP contribution < -0.4 is 16.0 Å². The van der Waals surface area contributed by atoms with E-state index in [0.29, 0.717) is 23.4 Å². The van der Waals surface area contributed by atoms with Gasteiger partial charge in [-0.05, 0) is 67.3 Å². The van der Waals surface area contributed by atoms with Crippen LogP contribution in [0.25, 0.3) is 0 Å².